The summed E-state index contributed by atoms with van der Waals surface area (Å²) in [6.45, 7) is 5.68. The lowest BCUT2D eigenvalue weighted by molar-refractivity contribution is 0.398. The van der Waals surface area contributed by atoms with Gasteiger partial charge in [-0.25, -0.2) is 8.42 Å². The lowest BCUT2D eigenvalue weighted by Gasteiger charge is -2.16. The number of hydrogen-bond donors (Lipinski definition) is 1. The van der Waals surface area contributed by atoms with Crippen molar-refractivity contribution in [3.8, 4) is 5.75 Å². The SMILES string of the molecule is COc1c(C)c(C)cc(C)c1S(=O)(=O)CCN. The van der Waals surface area contributed by atoms with Crippen LogP contribution in [0.1, 0.15) is 16.7 Å². The highest BCUT2D eigenvalue weighted by atomic mass is 32.2. The number of methoxy groups -OCH3 is 1. The van der Waals surface area contributed by atoms with E-state index in [1.165, 1.54) is 7.11 Å². The van der Waals surface area contributed by atoms with Crippen LogP contribution in [0.4, 0.5) is 0 Å². The van der Waals surface area contributed by atoms with Crippen molar-refractivity contribution in [3.63, 3.8) is 0 Å². The van der Waals surface area contributed by atoms with E-state index in [1.54, 1.807) is 6.92 Å². The minimum Gasteiger partial charge on any atom is -0.495 e. The van der Waals surface area contributed by atoms with Gasteiger partial charge in [-0.3, -0.25) is 0 Å². The quantitative estimate of drug-likeness (QED) is 0.884. The number of ether oxygens (including phenoxy) is 1. The summed E-state index contributed by atoms with van der Waals surface area (Å²) in [6.07, 6.45) is 0. The molecule has 0 amide bonds. The molecule has 1 rings (SSSR count). The van der Waals surface area contributed by atoms with Crippen LogP contribution in [0, 0.1) is 20.8 Å². The molecule has 0 aromatic heterocycles. The van der Waals surface area contributed by atoms with E-state index in [-0.39, 0.29) is 17.2 Å². The van der Waals surface area contributed by atoms with Crippen molar-refractivity contribution in [1.29, 1.82) is 0 Å². The van der Waals surface area contributed by atoms with Gasteiger partial charge in [-0.1, -0.05) is 6.07 Å². The smallest absolute Gasteiger partial charge is 0.183 e. The van der Waals surface area contributed by atoms with Gasteiger partial charge in [0.25, 0.3) is 0 Å². The average Bonchev–Trinajstić information content (AvgIpc) is 2.22. The highest BCUT2D eigenvalue weighted by Gasteiger charge is 2.23. The van der Waals surface area contributed by atoms with Crippen LogP contribution in [-0.2, 0) is 9.84 Å². The van der Waals surface area contributed by atoms with Crippen LogP contribution < -0.4 is 10.5 Å². The van der Waals surface area contributed by atoms with Crippen LogP contribution in [-0.4, -0.2) is 27.8 Å². The molecule has 4 nitrogen and oxygen atoms in total. The third kappa shape index (κ3) is 2.61. The van der Waals surface area contributed by atoms with Crippen LogP contribution in [0.2, 0.25) is 0 Å². The zero-order valence-corrected chi connectivity index (χ0v) is 11.5. The van der Waals surface area contributed by atoms with Crippen molar-refractivity contribution >= 4 is 9.84 Å². The molecule has 0 spiro atoms. The second-order valence-corrected chi connectivity index (χ2v) is 6.15. The van der Waals surface area contributed by atoms with E-state index in [9.17, 15) is 8.42 Å². The molecule has 0 saturated carbocycles. The van der Waals surface area contributed by atoms with Crippen LogP contribution >= 0.6 is 0 Å². The fourth-order valence-corrected chi connectivity index (χ4v) is 3.50. The lowest BCUT2D eigenvalue weighted by Crippen LogP contribution is -2.18. The maximum Gasteiger partial charge on any atom is 0.183 e. The molecule has 0 aliphatic heterocycles. The summed E-state index contributed by atoms with van der Waals surface area (Å²) in [6, 6.07) is 1.86. The van der Waals surface area contributed by atoms with Crippen LogP contribution in [0.25, 0.3) is 0 Å². The number of aryl methyl sites for hydroxylation is 2. The van der Waals surface area contributed by atoms with Gasteiger partial charge in [0.15, 0.2) is 9.84 Å². The largest absolute Gasteiger partial charge is 0.495 e. The van der Waals surface area contributed by atoms with Crippen LogP contribution in [0.3, 0.4) is 0 Å². The highest BCUT2D eigenvalue weighted by molar-refractivity contribution is 7.91. The Labute approximate surface area is 103 Å². The van der Waals surface area contributed by atoms with Crippen molar-refractivity contribution in [2.24, 2.45) is 5.73 Å². The zero-order valence-electron chi connectivity index (χ0n) is 10.7. The second kappa shape index (κ2) is 5.06. The first-order valence-electron chi connectivity index (χ1n) is 5.42. The first-order chi connectivity index (χ1) is 7.85. The molecule has 0 heterocycles. The molecule has 1 aromatic rings. The molecule has 0 radical (unpaired) electrons. The first-order valence-corrected chi connectivity index (χ1v) is 7.08. The molecule has 0 fully saturated rings. The Hall–Kier alpha value is -1.07. The van der Waals surface area contributed by atoms with Gasteiger partial charge in [-0.05, 0) is 37.5 Å². The Kier molecular flexibility index (Phi) is 4.16. The molecule has 0 aliphatic carbocycles. The van der Waals surface area contributed by atoms with Crippen molar-refractivity contribution in [3.05, 3.63) is 22.8 Å². The lowest BCUT2D eigenvalue weighted by atomic mass is 10.1. The van der Waals surface area contributed by atoms with Gasteiger partial charge in [0.1, 0.15) is 10.6 Å². The number of hydrogen-bond acceptors (Lipinski definition) is 4. The summed E-state index contributed by atoms with van der Waals surface area (Å²) in [5.74, 6) is 0.378. The number of nitrogens with two attached hydrogens (primary N) is 1. The fourth-order valence-electron chi connectivity index (χ4n) is 1.92. The number of benzene rings is 1. The molecule has 0 aliphatic rings. The minimum atomic E-state index is -3.37. The molecule has 0 bridgehead atoms. The maximum atomic E-state index is 12.1. The fraction of sp³-hybridized carbons (Fsp3) is 0.500. The van der Waals surface area contributed by atoms with Crippen molar-refractivity contribution in [2.45, 2.75) is 25.7 Å². The molecule has 1 aromatic carbocycles. The standard InChI is InChI=1S/C12H19NO3S/c1-8-7-9(2)12(11(16-4)10(8)3)17(14,15)6-5-13/h7H,5-6,13H2,1-4H3. The van der Waals surface area contributed by atoms with E-state index in [2.05, 4.69) is 0 Å². The molecular formula is C12H19NO3S. The topological polar surface area (TPSA) is 69.4 Å². The predicted molar refractivity (Wildman–Crippen MR) is 68.3 cm³/mol. The van der Waals surface area contributed by atoms with Crippen molar-refractivity contribution in [2.75, 3.05) is 19.4 Å². The second-order valence-electron chi connectivity index (χ2n) is 4.11. The summed E-state index contributed by atoms with van der Waals surface area (Å²) in [7, 11) is -1.88. The van der Waals surface area contributed by atoms with Crippen molar-refractivity contribution < 1.29 is 13.2 Å². The normalized spacial score (nSPS) is 11.6. The van der Waals surface area contributed by atoms with Gasteiger partial charge in [0.2, 0.25) is 0 Å². The summed E-state index contributed by atoms with van der Waals surface area (Å²) in [5, 5.41) is 0. The third-order valence-electron chi connectivity index (χ3n) is 2.83. The summed E-state index contributed by atoms with van der Waals surface area (Å²) in [4.78, 5) is 0.272. The summed E-state index contributed by atoms with van der Waals surface area (Å²) < 4.78 is 29.5. The zero-order chi connectivity index (χ0) is 13.2. The van der Waals surface area contributed by atoms with Crippen LogP contribution in [0.5, 0.6) is 5.75 Å². The Morgan fingerprint density at radius 3 is 2.29 bits per heavy atom. The third-order valence-corrected chi connectivity index (χ3v) is 4.73. The van der Waals surface area contributed by atoms with Gasteiger partial charge in [-0.2, -0.15) is 0 Å². The Bertz CT molecular complexity index is 521. The molecule has 0 unspecified atom stereocenters. The molecule has 0 saturated heterocycles. The summed E-state index contributed by atoms with van der Waals surface area (Å²) in [5.41, 5.74) is 7.92. The van der Waals surface area contributed by atoms with E-state index < -0.39 is 9.84 Å². The van der Waals surface area contributed by atoms with Gasteiger partial charge in [0, 0.05) is 6.54 Å². The van der Waals surface area contributed by atoms with E-state index in [1.807, 2.05) is 19.9 Å². The summed E-state index contributed by atoms with van der Waals surface area (Å²) >= 11 is 0. The molecule has 2 N–H and O–H groups in total. The van der Waals surface area contributed by atoms with Gasteiger partial charge >= 0.3 is 0 Å². The maximum absolute atomic E-state index is 12.1. The van der Waals surface area contributed by atoms with Gasteiger partial charge in [0.05, 0.1) is 12.9 Å². The Morgan fingerprint density at radius 2 is 1.82 bits per heavy atom. The van der Waals surface area contributed by atoms with Gasteiger partial charge < -0.3 is 10.5 Å². The Balaban J connectivity index is 3.58. The van der Waals surface area contributed by atoms with E-state index in [4.69, 9.17) is 10.5 Å². The highest BCUT2D eigenvalue weighted by Crippen LogP contribution is 2.33. The molecule has 17 heavy (non-hydrogen) atoms. The van der Waals surface area contributed by atoms with E-state index in [0.717, 1.165) is 11.1 Å². The van der Waals surface area contributed by atoms with E-state index in [0.29, 0.717) is 11.3 Å². The Morgan fingerprint density at radius 1 is 1.24 bits per heavy atom. The number of sulfone groups is 1. The predicted octanol–water partition coefficient (Wildman–Crippen LogP) is 1.35. The van der Waals surface area contributed by atoms with Gasteiger partial charge in [-0.15, -0.1) is 0 Å². The first kappa shape index (κ1) is 14.0. The average molecular weight is 257 g/mol. The van der Waals surface area contributed by atoms with Crippen molar-refractivity contribution in [1.82, 2.24) is 0 Å². The minimum absolute atomic E-state index is 0.0628. The molecule has 0 atom stereocenters. The molecule has 96 valence electrons. The molecular weight excluding hydrogens is 238 g/mol. The monoisotopic (exact) mass is 257 g/mol. The van der Waals surface area contributed by atoms with E-state index >= 15 is 0 Å². The molecule has 5 heteroatoms. The number of rotatable bonds is 4. The van der Waals surface area contributed by atoms with Crippen LogP contribution in [0.15, 0.2) is 11.0 Å².